The van der Waals surface area contributed by atoms with Gasteiger partial charge in [-0.25, -0.2) is 4.90 Å². The van der Waals surface area contributed by atoms with Gasteiger partial charge in [0, 0.05) is 10.4 Å². The number of alkyl halides is 1. The number of hydrogen-bond donors (Lipinski definition) is 0. The lowest BCUT2D eigenvalue weighted by molar-refractivity contribution is -0.122. The van der Waals surface area contributed by atoms with Crippen molar-refractivity contribution >= 4 is 49.4 Å². The monoisotopic (exact) mass is 507 g/mol. The molecule has 7 rings (SSSR count). The number of benzene rings is 3. The highest BCUT2D eigenvalue weighted by Crippen LogP contribution is 2.66. The van der Waals surface area contributed by atoms with Gasteiger partial charge in [0.25, 0.3) is 0 Å². The molecule has 4 aliphatic rings. The highest BCUT2D eigenvalue weighted by molar-refractivity contribution is 9.10. The third-order valence-corrected chi connectivity index (χ3v) is 8.63. The van der Waals surface area contributed by atoms with Gasteiger partial charge in [-0.05, 0) is 50.3 Å². The summed E-state index contributed by atoms with van der Waals surface area (Å²) >= 11 is 7.53. The first kappa shape index (κ1) is 17.6. The molecule has 2 bridgehead atoms. The van der Waals surface area contributed by atoms with Crippen LogP contribution in [0.15, 0.2) is 77.3 Å². The fourth-order valence-electron chi connectivity index (χ4n) is 5.55. The molecule has 5 heteroatoms. The van der Waals surface area contributed by atoms with Crippen LogP contribution in [-0.2, 0) is 13.9 Å². The van der Waals surface area contributed by atoms with Crippen molar-refractivity contribution in [2.24, 2.45) is 11.8 Å². The molecule has 0 aromatic heterocycles. The van der Waals surface area contributed by atoms with Gasteiger partial charge in [0.2, 0.25) is 11.8 Å². The van der Waals surface area contributed by atoms with Gasteiger partial charge in [0.05, 0.1) is 21.8 Å². The van der Waals surface area contributed by atoms with Crippen molar-refractivity contribution in [2.75, 3.05) is 4.90 Å². The van der Waals surface area contributed by atoms with Crippen LogP contribution in [0.25, 0.3) is 0 Å². The molecule has 2 atom stereocenters. The fourth-order valence-corrected chi connectivity index (χ4v) is 7.21. The van der Waals surface area contributed by atoms with Crippen LogP contribution in [0.2, 0.25) is 0 Å². The van der Waals surface area contributed by atoms with Crippen molar-refractivity contribution in [1.82, 2.24) is 0 Å². The number of imide groups is 1. The van der Waals surface area contributed by atoms with E-state index in [0.29, 0.717) is 5.69 Å². The number of nitrogens with zero attached hydrogens (tertiary/aromatic N) is 1. The van der Waals surface area contributed by atoms with E-state index in [2.05, 4.69) is 56.1 Å². The van der Waals surface area contributed by atoms with Crippen LogP contribution in [0.1, 0.15) is 28.2 Å². The Morgan fingerprint density at radius 2 is 1.31 bits per heavy atom. The Morgan fingerprint density at radius 1 is 0.759 bits per heavy atom. The molecule has 2 amide bonds. The molecule has 0 radical (unpaired) electrons. The Hall–Kier alpha value is -2.24. The molecule has 3 nitrogen and oxygen atoms in total. The summed E-state index contributed by atoms with van der Waals surface area (Å²) in [6.45, 7) is 0. The Kier molecular flexibility index (Phi) is 3.58. The summed E-state index contributed by atoms with van der Waals surface area (Å²) in [4.78, 5) is 28.9. The SMILES string of the molecule is O=C1[C@@H]2C3c4ccccc4C(Br)(c4ccccc43)[C@@H]2C(=O)N1c1ccccc1Br. The van der Waals surface area contributed by atoms with Crippen molar-refractivity contribution in [1.29, 1.82) is 0 Å². The number of carbonyl (C=O) groups is 2. The van der Waals surface area contributed by atoms with Crippen LogP contribution in [-0.4, -0.2) is 11.8 Å². The van der Waals surface area contributed by atoms with Gasteiger partial charge in [0.1, 0.15) is 0 Å². The van der Waals surface area contributed by atoms with Crippen molar-refractivity contribution in [2.45, 2.75) is 10.2 Å². The van der Waals surface area contributed by atoms with E-state index in [1.165, 1.54) is 4.90 Å². The molecule has 0 unspecified atom stereocenters. The normalized spacial score (nSPS) is 28.9. The minimum atomic E-state index is -0.706. The van der Waals surface area contributed by atoms with E-state index in [1.807, 2.05) is 48.5 Å². The first-order chi connectivity index (χ1) is 14.0. The molecule has 1 heterocycles. The summed E-state index contributed by atoms with van der Waals surface area (Å²) in [7, 11) is 0. The van der Waals surface area contributed by atoms with Crippen molar-refractivity contribution in [3.63, 3.8) is 0 Å². The lowest BCUT2D eigenvalue weighted by atomic mass is 9.55. The average Bonchev–Trinajstić information content (AvgIpc) is 3.01. The molecule has 3 aromatic carbocycles. The van der Waals surface area contributed by atoms with E-state index in [0.717, 1.165) is 26.7 Å². The first-order valence-electron chi connectivity index (χ1n) is 9.55. The predicted octanol–water partition coefficient (Wildman–Crippen LogP) is 5.35. The zero-order valence-electron chi connectivity index (χ0n) is 15.2. The Morgan fingerprint density at radius 3 is 1.93 bits per heavy atom. The number of hydrogen-bond acceptors (Lipinski definition) is 2. The van der Waals surface area contributed by atoms with E-state index in [-0.39, 0.29) is 17.7 Å². The number of para-hydroxylation sites is 1. The molecule has 142 valence electrons. The molecule has 29 heavy (non-hydrogen) atoms. The van der Waals surface area contributed by atoms with Crippen LogP contribution in [0, 0.1) is 11.8 Å². The van der Waals surface area contributed by atoms with Gasteiger partial charge in [-0.15, -0.1) is 0 Å². The first-order valence-corrected chi connectivity index (χ1v) is 11.1. The molecule has 1 saturated heterocycles. The molecular formula is C24H15Br2NO2. The minimum Gasteiger partial charge on any atom is -0.274 e. The summed E-state index contributed by atoms with van der Waals surface area (Å²) in [6, 6.07) is 23.8. The van der Waals surface area contributed by atoms with Gasteiger partial charge in [-0.2, -0.15) is 0 Å². The highest BCUT2D eigenvalue weighted by Gasteiger charge is 2.67. The van der Waals surface area contributed by atoms with Gasteiger partial charge in [-0.1, -0.05) is 76.6 Å². The second-order valence-electron chi connectivity index (χ2n) is 7.83. The maximum atomic E-state index is 13.8. The zero-order valence-corrected chi connectivity index (χ0v) is 18.4. The van der Waals surface area contributed by atoms with Crippen LogP contribution in [0.3, 0.4) is 0 Å². The van der Waals surface area contributed by atoms with Crippen molar-refractivity contribution in [3.8, 4) is 0 Å². The van der Waals surface area contributed by atoms with Crippen LogP contribution < -0.4 is 4.90 Å². The van der Waals surface area contributed by atoms with E-state index < -0.39 is 16.2 Å². The van der Waals surface area contributed by atoms with Crippen LogP contribution in [0.4, 0.5) is 5.69 Å². The maximum Gasteiger partial charge on any atom is 0.239 e. The summed E-state index contributed by atoms with van der Waals surface area (Å²) in [5, 5.41) is 0. The quantitative estimate of drug-likeness (QED) is 0.328. The molecule has 0 N–H and O–H groups in total. The highest BCUT2D eigenvalue weighted by atomic mass is 79.9. The zero-order chi connectivity index (χ0) is 19.9. The predicted molar refractivity (Wildman–Crippen MR) is 118 cm³/mol. The Bertz CT molecular complexity index is 1170. The summed E-state index contributed by atoms with van der Waals surface area (Å²) in [6.07, 6.45) is 0. The lowest BCUT2D eigenvalue weighted by Crippen LogP contribution is -2.50. The standard InChI is InChI=1S/C24H15Br2NO2/c25-17-11-5-6-12-18(17)27-22(28)20-19-13-7-1-3-9-15(13)24(26,21(20)23(27)29)16-10-4-2-8-14(16)19/h1-12,19-21H/t19?,20-,21+,24?/m1/s1. The minimum absolute atomic E-state index is 0.115. The van der Waals surface area contributed by atoms with Crippen LogP contribution >= 0.6 is 31.9 Å². The number of amides is 2. The third kappa shape index (κ3) is 2.02. The fraction of sp³-hybridized carbons (Fsp3) is 0.167. The third-order valence-electron chi connectivity index (χ3n) is 6.61. The maximum absolute atomic E-state index is 13.8. The van der Waals surface area contributed by atoms with Gasteiger partial charge < -0.3 is 0 Å². The number of halogens is 2. The molecule has 1 aliphatic heterocycles. The van der Waals surface area contributed by atoms with E-state index in [1.54, 1.807) is 0 Å². The molecule has 3 aromatic rings. The largest absolute Gasteiger partial charge is 0.274 e. The van der Waals surface area contributed by atoms with Crippen molar-refractivity contribution < 1.29 is 9.59 Å². The number of anilines is 1. The van der Waals surface area contributed by atoms with Gasteiger partial charge >= 0.3 is 0 Å². The lowest BCUT2D eigenvalue weighted by Gasteiger charge is -2.51. The molecule has 3 aliphatic carbocycles. The topological polar surface area (TPSA) is 37.4 Å². The van der Waals surface area contributed by atoms with Crippen LogP contribution in [0.5, 0.6) is 0 Å². The molecular weight excluding hydrogens is 494 g/mol. The smallest absolute Gasteiger partial charge is 0.239 e. The summed E-state index contributed by atoms with van der Waals surface area (Å²) in [5.41, 5.74) is 5.08. The number of carbonyl (C=O) groups excluding carboxylic acids is 2. The summed E-state index contributed by atoms with van der Waals surface area (Å²) < 4.78 is 0.0360. The van der Waals surface area contributed by atoms with E-state index >= 15 is 0 Å². The van der Waals surface area contributed by atoms with E-state index in [9.17, 15) is 9.59 Å². The average molecular weight is 509 g/mol. The van der Waals surface area contributed by atoms with Crippen molar-refractivity contribution in [3.05, 3.63) is 99.5 Å². The molecule has 0 spiro atoms. The summed E-state index contributed by atoms with van der Waals surface area (Å²) in [5.74, 6) is -1.27. The Labute approximate surface area is 185 Å². The van der Waals surface area contributed by atoms with Gasteiger partial charge in [-0.3, -0.25) is 9.59 Å². The second kappa shape index (κ2) is 5.89. The molecule has 0 saturated carbocycles. The number of rotatable bonds is 1. The van der Waals surface area contributed by atoms with Gasteiger partial charge in [0.15, 0.2) is 0 Å². The Balaban J connectivity index is 1.64. The second-order valence-corrected chi connectivity index (χ2v) is 9.94. The molecule has 1 fully saturated rings. The van der Waals surface area contributed by atoms with E-state index in [4.69, 9.17) is 0 Å².